The maximum Gasteiger partial charge on any atom is 0.182 e. The Morgan fingerprint density at radius 2 is 2.00 bits per heavy atom. The molecule has 4 heteroatoms. The molecular formula is C15H19N3S. The van der Waals surface area contributed by atoms with Gasteiger partial charge in [-0.05, 0) is 31.5 Å². The molecule has 2 aromatic rings. The van der Waals surface area contributed by atoms with Crippen LogP contribution in [0.4, 0.5) is 5.13 Å². The van der Waals surface area contributed by atoms with Gasteiger partial charge in [-0.3, -0.25) is 4.90 Å². The highest BCUT2D eigenvalue weighted by Gasteiger charge is 2.23. The zero-order chi connectivity index (χ0) is 12.9. The molecule has 1 N–H and O–H groups in total. The summed E-state index contributed by atoms with van der Waals surface area (Å²) in [5.41, 5.74) is 1.40. The Kier molecular flexibility index (Phi) is 4.10. The summed E-state index contributed by atoms with van der Waals surface area (Å²) >= 11 is 1.66. The van der Waals surface area contributed by atoms with Gasteiger partial charge in [-0.15, -0.1) is 11.3 Å². The lowest BCUT2D eigenvalue weighted by atomic mass is 10.1. The van der Waals surface area contributed by atoms with Gasteiger partial charge in [-0.2, -0.15) is 0 Å². The molecule has 0 spiro atoms. The minimum Gasteiger partial charge on any atom is -0.360 e. The Bertz CT molecular complexity index is 477. The zero-order valence-corrected chi connectivity index (χ0v) is 11.8. The zero-order valence-electron chi connectivity index (χ0n) is 11.0. The predicted molar refractivity (Wildman–Crippen MR) is 80.6 cm³/mol. The van der Waals surface area contributed by atoms with E-state index in [1.165, 1.54) is 31.5 Å². The number of likely N-dealkylation sites (tertiary alicyclic amines) is 1. The normalized spacial score (nSPS) is 17.5. The molecule has 1 saturated heterocycles. The quantitative estimate of drug-likeness (QED) is 0.905. The first-order chi connectivity index (χ1) is 9.43. The topological polar surface area (TPSA) is 28.2 Å². The van der Waals surface area contributed by atoms with Crippen molar-refractivity contribution in [3.8, 4) is 0 Å². The van der Waals surface area contributed by atoms with Gasteiger partial charge in [0, 0.05) is 18.1 Å². The summed E-state index contributed by atoms with van der Waals surface area (Å²) in [5.74, 6) is 0. The van der Waals surface area contributed by atoms with Crippen molar-refractivity contribution in [2.75, 3.05) is 25.0 Å². The smallest absolute Gasteiger partial charge is 0.182 e. The van der Waals surface area contributed by atoms with Crippen LogP contribution in [0.5, 0.6) is 0 Å². The van der Waals surface area contributed by atoms with Crippen LogP contribution in [-0.4, -0.2) is 29.5 Å². The molecule has 19 heavy (non-hydrogen) atoms. The molecule has 3 nitrogen and oxygen atoms in total. The third kappa shape index (κ3) is 3.14. The van der Waals surface area contributed by atoms with Crippen LogP contribution in [0.3, 0.4) is 0 Å². The van der Waals surface area contributed by atoms with Gasteiger partial charge < -0.3 is 5.32 Å². The fourth-order valence-electron chi connectivity index (χ4n) is 2.68. The van der Waals surface area contributed by atoms with Crippen molar-refractivity contribution in [2.45, 2.75) is 18.9 Å². The monoisotopic (exact) mass is 273 g/mol. The van der Waals surface area contributed by atoms with Crippen LogP contribution in [-0.2, 0) is 0 Å². The number of nitrogens with zero attached hydrogens (tertiary/aromatic N) is 2. The van der Waals surface area contributed by atoms with E-state index in [0.29, 0.717) is 6.04 Å². The fraction of sp³-hybridized carbons (Fsp3) is 0.400. The number of hydrogen-bond acceptors (Lipinski definition) is 4. The lowest BCUT2D eigenvalue weighted by molar-refractivity contribution is 0.256. The predicted octanol–water partition coefficient (Wildman–Crippen LogP) is 3.39. The number of anilines is 1. The van der Waals surface area contributed by atoms with Gasteiger partial charge in [0.25, 0.3) is 0 Å². The van der Waals surface area contributed by atoms with Crippen molar-refractivity contribution in [2.24, 2.45) is 0 Å². The van der Waals surface area contributed by atoms with Gasteiger partial charge in [-0.25, -0.2) is 4.98 Å². The Labute approximate surface area is 118 Å². The lowest BCUT2D eigenvalue weighted by Crippen LogP contribution is -2.31. The van der Waals surface area contributed by atoms with E-state index in [0.717, 1.165) is 11.7 Å². The molecule has 1 aliphatic heterocycles. The second-order valence-corrected chi connectivity index (χ2v) is 5.78. The number of hydrogen-bond donors (Lipinski definition) is 1. The molecule has 1 aliphatic rings. The molecular weight excluding hydrogens is 254 g/mol. The first-order valence-electron chi connectivity index (χ1n) is 6.86. The van der Waals surface area contributed by atoms with Crippen LogP contribution in [0.1, 0.15) is 24.4 Å². The third-order valence-electron chi connectivity index (χ3n) is 3.64. The van der Waals surface area contributed by atoms with E-state index in [1.54, 1.807) is 11.3 Å². The Morgan fingerprint density at radius 3 is 2.68 bits per heavy atom. The molecule has 0 amide bonds. The minimum atomic E-state index is 0.451. The Hall–Kier alpha value is -1.39. The summed E-state index contributed by atoms with van der Waals surface area (Å²) in [6, 6.07) is 11.2. The van der Waals surface area contributed by atoms with Crippen molar-refractivity contribution in [3.05, 3.63) is 47.5 Å². The molecule has 0 radical (unpaired) electrons. The number of aromatic nitrogens is 1. The average Bonchev–Trinajstić information content (AvgIpc) is 3.13. The molecule has 3 rings (SSSR count). The molecule has 0 saturated carbocycles. The van der Waals surface area contributed by atoms with Crippen molar-refractivity contribution < 1.29 is 0 Å². The molecule has 1 atom stereocenters. The van der Waals surface area contributed by atoms with E-state index in [4.69, 9.17) is 0 Å². The number of rotatable bonds is 5. The first-order valence-corrected chi connectivity index (χ1v) is 7.74. The summed E-state index contributed by atoms with van der Waals surface area (Å²) < 4.78 is 0. The highest BCUT2D eigenvalue weighted by molar-refractivity contribution is 7.13. The highest BCUT2D eigenvalue weighted by Crippen LogP contribution is 2.25. The van der Waals surface area contributed by atoms with Crippen molar-refractivity contribution in [3.63, 3.8) is 0 Å². The highest BCUT2D eigenvalue weighted by atomic mass is 32.1. The van der Waals surface area contributed by atoms with E-state index in [1.807, 2.05) is 11.6 Å². The second-order valence-electron chi connectivity index (χ2n) is 4.89. The van der Waals surface area contributed by atoms with E-state index >= 15 is 0 Å². The van der Waals surface area contributed by atoms with Crippen molar-refractivity contribution >= 4 is 16.5 Å². The van der Waals surface area contributed by atoms with Crippen LogP contribution in [0, 0.1) is 0 Å². The van der Waals surface area contributed by atoms with E-state index in [-0.39, 0.29) is 0 Å². The lowest BCUT2D eigenvalue weighted by Gasteiger charge is -2.28. The van der Waals surface area contributed by atoms with E-state index in [9.17, 15) is 0 Å². The van der Waals surface area contributed by atoms with Crippen molar-refractivity contribution in [1.29, 1.82) is 0 Å². The second kappa shape index (κ2) is 6.17. The van der Waals surface area contributed by atoms with Gasteiger partial charge in [-0.1, -0.05) is 30.3 Å². The van der Waals surface area contributed by atoms with E-state index in [2.05, 4.69) is 45.5 Å². The molecule has 0 aliphatic carbocycles. The van der Waals surface area contributed by atoms with Crippen LogP contribution < -0.4 is 5.32 Å². The van der Waals surface area contributed by atoms with Crippen LogP contribution >= 0.6 is 11.3 Å². The minimum absolute atomic E-state index is 0.451. The third-order valence-corrected chi connectivity index (χ3v) is 4.38. The van der Waals surface area contributed by atoms with Gasteiger partial charge in [0.2, 0.25) is 0 Å². The SMILES string of the molecule is c1ccc(C(CNc2nccs2)N2CCCC2)cc1. The van der Waals surface area contributed by atoms with Crippen LogP contribution in [0.2, 0.25) is 0 Å². The summed E-state index contributed by atoms with van der Waals surface area (Å²) in [7, 11) is 0. The van der Waals surface area contributed by atoms with Crippen LogP contribution in [0.15, 0.2) is 41.9 Å². The van der Waals surface area contributed by atoms with Gasteiger partial charge >= 0.3 is 0 Å². The largest absolute Gasteiger partial charge is 0.360 e. The molecule has 1 fully saturated rings. The molecule has 0 bridgehead atoms. The molecule has 1 aromatic carbocycles. The Balaban J connectivity index is 1.72. The summed E-state index contributed by atoms with van der Waals surface area (Å²) in [6.45, 7) is 3.34. The molecule has 1 aromatic heterocycles. The summed E-state index contributed by atoms with van der Waals surface area (Å²) in [5, 5.41) is 6.49. The molecule has 2 heterocycles. The summed E-state index contributed by atoms with van der Waals surface area (Å²) in [4.78, 5) is 6.88. The average molecular weight is 273 g/mol. The number of thiazole rings is 1. The standard InChI is InChI=1S/C15H19N3S/c1-2-6-13(7-3-1)14(18-9-4-5-10-18)12-17-15-16-8-11-19-15/h1-3,6-8,11,14H,4-5,9-10,12H2,(H,16,17). The maximum absolute atomic E-state index is 4.30. The summed E-state index contributed by atoms with van der Waals surface area (Å²) in [6.07, 6.45) is 4.49. The molecule has 1 unspecified atom stereocenters. The van der Waals surface area contributed by atoms with Gasteiger partial charge in [0.05, 0.1) is 6.04 Å². The van der Waals surface area contributed by atoms with Gasteiger partial charge in [0.1, 0.15) is 0 Å². The van der Waals surface area contributed by atoms with Gasteiger partial charge in [0.15, 0.2) is 5.13 Å². The Morgan fingerprint density at radius 1 is 1.21 bits per heavy atom. The fourth-order valence-corrected chi connectivity index (χ4v) is 3.22. The maximum atomic E-state index is 4.30. The van der Waals surface area contributed by atoms with Crippen LogP contribution in [0.25, 0.3) is 0 Å². The van der Waals surface area contributed by atoms with Crippen molar-refractivity contribution in [1.82, 2.24) is 9.88 Å². The number of nitrogens with one attached hydrogen (secondary N) is 1. The van der Waals surface area contributed by atoms with E-state index < -0.39 is 0 Å². The first kappa shape index (κ1) is 12.6. The number of benzene rings is 1. The molecule has 100 valence electrons.